The van der Waals surface area contributed by atoms with Crippen LogP contribution in [0.3, 0.4) is 0 Å². The number of hydrogen-bond acceptors (Lipinski definition) is 3. The molecule has 1 aliphatic rings. The molecule has 3 heteroatoms. The van der Waals surface area contributed by atoms with Gasteiger partial charge in [-0.3, -0.25) is 0 Å². The van der Waals surface area contributed by atoms with E-state index < -0.39 is 5.41 Å². The van der Waals surface area contributed by atoms with Crippen molar-refractivity contribution in [1.29, 1.82) is 0 Å². The molecule has 13 rings (SSSR count). The van der Waals surface area contributed by atoms with Crippen LogP contribution in [0.4, 0.5) is 34.1 Å². The van der Waals surface area contributed by atoms with Crippen molar-refractivity contribution in [2.45, 2.75) is 5.41 Å². The van der Waals surface area contributed by atoms with Gasteiger partial charge in [-0.25, -0.2) is 0 Å². The Hall–Kier alpha value is -8.24. The molecule has 0 atom stereocenters. The fourth-order valence-corrected chi connectivity index (χ4v) is 12.2. The molecule has 2 nitrogen and oxygen atoms in total. The molecule has 1 aliphatic carbocycles. The van der Waals surface area contributed by atoms with Crippen molar-refractivity contribution < 1.29 is 0 Å². The Labute approximate surface area is 388 Å². The van der Waals surface area contributed by atoms with Gasteiger partial charge in [0.25, 0.3) is 0 Å². The van der Waals surface area contributed by atoms with Gasteiger partial charge in [0.1, 0.15) is 0 Å². The van der Waals surface area contributed by atoms with Gasteiger partial charge in [-0.1, -0.05) is 194 Å². The third kappa shape index (κ3) is 5.87. The molecule has 1 heterocycles. The Bertz CT molecular complexity index is 3730. The Morgan fingerprint density at radius 3 is 1.27 bits per heavy atom. The van der Waals surface area contributed by atoms with Crippen LogP contribution < -0.4 is 9.80 Å². The zero-order chi connectivity index (χ0) is 43.6. The molecule has 0 fully saturated rings. The van der Waals surface area contributed by atoms with E-state index in [1.807, 2.05) is 11.3 Å². The molecular weight excluding hydrogens is 817 g/mol. The van der Waals surface area contributed by atoms with Gasteiger partial charge in [-0.05, 0) is 116 Å². The molecule has 12 aromatic rings. The summed E-state index contributed by atoms with van der Waals surface area (Å²) in [6, 6.07) is 94.1. The minimum Gasteiger partial charge on any atom is -0.309 e. The minimum absolute atomic E-state index is 0.652. The fraction of sp³-hybridized carbons (Fsp3) is 0.0159. The maximum atomic E-state index is 2.48. The summed E-state index contributed by atoms with van der Waals surface area (Å²) in [5, 5.41) is 7.42. The molecule has 0 aliphatic heterocycles. The van der Waals surface area contributed by atoms with Gasteiger partial charge in [0.2, 0.25) is 0 Å². The van der Waals surface area contributed by atoms with E-state index in [0.29, 0.717) is 0 Å². The summed E-state index contributed by atoms with van der Waals surface area (Å²) in [7, 11) is 0. The standard InChI is InChI=1S/C63H42N2S/c1-5-23-47(24-6-1)63(48-25-7-2-8-26-48)55-32-18-17-31-53(55)54-37-39-57(64(49-27-9-3-10-28-49)51-35-33-43-19-13-15-21-45(43)41-51)61-59(54)60-56(63)38-40-58(62(60)66-61)65(50-29-11-4-12-30-50)52-36-34-44-20-14-16-22-46(44)42-52/h1-42H. The summed E-state index contributed by atoms with van der Waals surface area (Å²) >= 11 is 1.92. The van der Waals surface area contributed by atoms with E-state index in [0.717, 1.165) is 34.1 Å². The maximum absolute atomic E-state index is 2.48. The Balaban J connectivity index is 1.21. The van der Waals surface area contributed by atoms with E-state index in [4.69, 9.17) is 0 Å². The van der Waals surface area contributed by atoms with Gasteiger partial charge >= 0.3 is 0 Å². The number of nitrogens with zero attached hydrogens (tertiary/aromatic N) is 2. The molecule has 11 aromatic carbocycles. The largest absolute Gasteiger partial charge is 0.309 e. The topological polar surface area (TPSA) is 6.48 Å². The molecule has 0 saturated carbocycles. The van der Waals surface area contributed by atoms with E-state index in [1.165, 1.54) is 75.1 Å². The van der Waals surface area contributed by atoms with Crippen molar-refractivity contribution in [3.63, 3.8) is 0 Å². The van der Waals surface area contributed by atoms with Crippen LogP contribution in [0.15, 0.2) is 255 Å². The van der Waals surface area contributed by atoms with Crippen molar-refractivity contribution >= 4 is 87.2 Å². The Kier molecular flexibility index (Phi) is 8.97. The zero-order valence-corrected chi connectivity index (χ0v) is 36.9. The normalized spacial score (nSPS) is 12.7. The molecule has 0 unspecified atom stereocenters. The lowest BCUT2D eigenvalue weighted by molar-refractivity contribution is 0.756. The van der Waals surface area contributed by atoms with Crippen LogP contribution in [0.25, 0.3) is 52.8 Å². The molecule has 0 spiro atoms. The highest BCUT2D eigenvalue weighted by molar-refractivity contribution is 7.27. The van der Waals surface area contributed by atoms with Crippen molar-refractivity contribution in [2.75, 3.05) is 9.80 Å². The highest BCUT2D eigenvalue weighted by atomic mass is 32.1. The first-order valence-corrected chi connectivity index (χ1v) is 23.5. The molecule has 1 aromatic heterocycles. The second-order valence-corrected chi connectivity index (χ2v) is 18.2. The smallest absolute Gasteiger partial charge is 0.0714 e. The van der Waals surface area contributed by atoms with E-state index in [1.54, 1.807) is 0 Å². The highest BCUT2D eigenvalue weighted by Gasteiger charge is 2.44. The van der Waals surface area contributed by atoms with Gasteiger partial charge < -0.3 is 9.80 Å². The second kappa shape index (κ2) is 15.5. The van der Waals surface area contributed by atoms with Crippen LogP contribution in [0.5, 0.6) is 0 Å². The minimum atomic E-state index is -0.652. The van der Waals surface area contributed by atoms with Gasteiger partial charge in [0, 0.05) is 33.5 Å². The van der Waals surface area contributed by atoms with E-state index in [2.05, 4.69) is 265 Å². The number of rotatable bonds is 8. The average Bonchev–Trinajstić information content (AvgIpc) is 3.75. The molecular formula is C63H42N2S. The van der Waals surface area contributed by atoms with Crippen LogP contribution in [0, 0.1) is 0 Å². The third-order valence-electron chi connectivity index (χ3n) is 13.7. The number of para-hydroxylation sites is 2. The quantitative estimate of drug-likeness (QED) is 0.150. The molecule has 310 valence electrons. The van der Waals surface area contributed by atoms with Crippen molar-refractivity contribution in [3.8, 4) is 11.1 Å². The van der Waals surface area contributed by atoms with Crippen molar-refractivity contribution in [1.82, 2.24) is 0 Å². The zero-order valence-electron chi connectivity index (χ0n) is 36.1. The average molecular weight is 859 g/mol. The van der Waals surface area contributed by atoms with Crippen molar-refractivity contribution in [3.05, 3.63) is 277 Å². The van der Waals surface area contributed by atoms with E-state index >= 15 is 0 Å². The molecule has 66 heavy (non-hydrogen) atoms. The van der Waals surface area contributed by atoms with E-state index in [-0.39, 0.29) is 0 Å². The van der Waals surface area contributed by atoms with Crippen LogP contribution in [0.1, 0.15) is 22.3 Å². The predicted molar refractivity (Wildman–Crippen MR) is 281 cm³/mol. The van der Waals surface area contributed by atoms with Gasteiger partial charge in [-0.2, -0.15) is 0 Å². The molecule has 0 bridgehead atoms. The first-order chi connectivity index (χ1) is 32.8. The van der Waals surface area contributed by atoms with E-state index in [9.17, 15) is 0 Å². The summed E-state index contributed by atoms with van der Waals surface area (Å²) in [4.78, 5) is 4.94. The molecule has 0 N–H and O–H groups in total. The second-order valence-electron chi connectivity index (χ2n) is 17.2. The lowest BCUT2D eigenvalue weighted by Gasteiger charge is -2.38. The summed E-state index contributed by atoms with van der Waals surface area (Å²) in [5.41, 5.74) is 13.6. The third-order valence-corrected chi connectivity index (χ3v) is 14.9. The maximum Gasteiger partial charge on any atom is 0.0714 e. The van der Waals surface area contributed by atoms with Crippen LogP contribution in [-0.2, 0) is 5.41 Å². The number of anilines is 6. The Morgan fingerprint density at radius 1 is 0.288 bits per heavy atom. The SMILES string of the molecule is c1ccc(N(c2ccc3ccccc3c2)c2ccc3c4c2sc2c(N(c5ccccc5)c5ccc6ccccc6c5)ccc(c24)C(c2ccccc2)(c2ccccc2)c2ccccc2-3)cc1. The lowest BCUT2D eigenvalue weighted by atomic mass is 9.64. The first kappa shape index (κ1) is 38.2. The van der Waals surface area contributed by atoms with Crippen LogP contribution in [0.2, 0.25) is 0 Å². The monoisotopic (exact) mass is 858 g/mol. The fourth-order valence-electron chi connectivity index (χ4n) is 10.8. The summed E-state index contributed by atoms with van der Waals surface area (Å²) < 4.78 is 2.48. The summed E-state index contributed by atoms with van der Waals surface area (Å²) in [5.74, 6) is 0. The number of thiophene rings is 1. The van der Waals surface area contributed by atoms with Crippen molar-refractivity contribution in [2.24, 2.45) is 0 Å². The Morgan fingerprint density at radius 2 is 0.727 bits per heavy atom. The highest BCUT2D eigenvalue weighted by Crippen LogP contribution is 2.60. The number of fused-ring (bicyclic) bond motifs is 4. The predicted octanol–water partition coefficient (Wildman–Crippen LogP) is 17.7. The van der Waals surface area contributed by atoms with Gasteiger partial charge in [0.05, 0.1) is 26.2 Å². The molecule has 0 radical (unpaired) electrons. The van der Waals surface area contributed by atoms with Gasteiger partial charge in [0.15, 0.2) is 0 Å². The van der Waals surface area contributed by atoms with Crippen LogP contribution >= 0.6 is 11.3 Å². The molecule has 0 saturated heterocycles. The summed E-state index contributed by atoms with van der Waals surface area (Å²) in [6.07, 6.45) is 0. The number of benzene rings is 11. The molecule has 0 amide bonds. The van der Waals surface area contributed by atoms with Gasteiger partial charge in [-0.15, -0.1) is 11.3 Å². The van der Waals surface area contributed by atoms with Crippen LogP contribution in [-0.4, -0.2) is 0 Å². The lowest BCUT2D eigenvalue weighted by Crippen LogP contribution is -2.31. The summed E-state index contributed by atoms with van der Waals surface area (Å²) in [6.45, 7) is 0. The number of hydrogen-bond donors (Lipinski definition) is 0. The first-order valence-electron chi connectivity index (χ1n) is 22.7.